The summed E-state index contributed by atoms with van der Waals surface area (Å²) in [5.74, 6) is 0. The third kappa shape index (κ3) is 4.64. The summed E-state index contributed by atoms with van der Waals surface area (Å²) in [6.07, 6.45) is 0.905. The second-order valence-electron chi connectivity index (χ2n) is 5.37. The number of hydrogen-bond donors (Lipinski definition) is 2. The van der Waals surface area contributed by atoms with Gasteiger partial charge in [0.15, 0.2) is 0 Å². The lowest BCUT2D eigenvalue weighted by Crippen LogP contribution is -2.39. The molecule has 3 N–H and O–H groups in total. The first-order valence-electron chi connectivity index (χ1n) is 6.55. The molecule has 0 bridgehead atoms. The smallest absolute Gasteiger partial charge is 0.148 e. The van der Waals surface area contributed by atoms with Gasteiger partial charge in [-0.15, -0.1) is 0 Å². The Bertz CT molecular complexity index is 444. The fourth-order valence-corrected chi connectivity index (χ4v) is 1.91. The van der Waals surface area contributed by atoms with Crippen LogP contribution in [0, 0.1) is 0 Å². The van der Waals surface area contributed by atoms with Gasteiger partial charge in [0.25, 0.3) is 0 Å². The van der Waals surface area contributed by atoms with Crippen molar-refractivity contribution in [3.63, 3.8) is 0 Å². The Balaban J connectivity index is 2.83. The van der Waals surface area contributed by atoms with Crippen molar-refractivity contribution in [2.24, 2.45) is 0 Å². The highest BCUT2D eigenvalue weighted by atomic mass is 16.5. The maximum atomic E-state index is 6.02. The van der Waals surface area contributed by atoms with E-state index in [-0.39, 0.29) is 5.54 Å². The zero-order valence-electron chi connectivity index (χ0n) is 12.4. The minimum Gasteiger partial charge on any atom is -0.398 e. The van der Waals surface area contributed by atoms with E-state index in [4.69, 9.17) is 10.5 Å². The summed E-state index contributed by atoms with van der Waals surface area (Å²) in [4.78, 5) is 0. The molecule has 1 aromatic carbocycles. The van der Waals surface area contributed by atoms with Gasteiger partial charge in [-0.25, -0.2) is 0 Å². The summed E-state index contributed by atoms with van der Waals surface area (Å²) in [6, 6.07) is 5.97. The molecule has 19 heavy (non-hydrogen) atoms. The number of rotatable bonds is 7. The van der Waals surface area contributed by atoms with E-state index in [2.05, 4.69) is 31.8 Å². The Labute approximate surface area is 117 Å². The summed E-state index contributed by atoms with van der Waals surface area (Å²) in [7, 11) is 3.76. The molecule has 0 atom stereocenters. The molecule has 1 rings (SSSR count). The molecular weight excluding hydrogens is 235 g/mol. The number of benzene rings is 1. The van der Waals surface area contributed by atoms with Crippen LogP contribution in [0.15, 0.2) is 24.8 Å². The van der Waals surface area contributed by atoms with Gasteiger partial charge in [0.2, 0.25) is 0 Å². The Morgan fingerprint density at radius 2 is 2.16 bits per heavy atom. The number of nitrogen functional groups attached to an aromatic ring is 1. The van der Waals surface area contributed by atoms with E-state index in [1.165, 1.54) is 0 Å². The average Bonchev–Trinajstić information content (AvgIpc) is 2.36. The molecule has 1 radical (unpaired) electrons. The van der Waals surface area contributed by atoms with Gasteiger partial charge in [0.1, 0.15) is 7.28 Å². The van der Waals surface area contributed by atoms with Gasteiger partial charge < -0.3 is 15.8 Å². The topological polar surface area (TPSA) is 47.3 Å². The number of ether oxygens (including phenoxy) is 1. The van der Waals surface area contributed by atoms with Crippen LogP contribution in [0.5, 0.6) is 0 Å². The van der Waals surface area contributed by atoms with E-state index in [0.717, 1.165) is 28.8 Å². The lowest BCUT2D eigenvalue weighted by Gasteiger charge is -2.29. The van der Waals surface area contributed by atoms with Crippen molar-refractivity contribution in [3.8, 4) is 0 Å². The first-order valence-corrected chi connectivity index (χ1v) is 6.55. The lowest BCUT2D eigenvalue weighted by molar-refractivity contribution is 0.170. The van der Waals surface area contributed by atoms with Crippen molar-refractivity contribution in [1.29, 1.82) is 0 Å². The van der Waals surface area contributed by atoms with E-state index in [0.29, 0.717) is 6.61 Å². The van der Waals surface area contributed by atoms with E-state index < -0.39 is 0 Å². The highest BCUT2D eigenvalue weighted by Crippen LogP contribution is 2.20. The van der Waals surface area contributed by atoms with Gasteiger partial charge in [-0.05, 0) is 26.3 Å². The zero-order valence-corrected chi connectivity index (χ0v) is 12.4. The fourth-order valence-electron chi connectivity index (χ4n) is 1.91. The van der Waals surface area contributed by atoms with Crippen LogP contribution in [-0.4, -0.2) is 26.5 Å². The van der Waals surface area contributed by atoms with Gasteiger partial charge in [0, 0.05) is 36.2 Å². The number of nitrogens with two attached hydrogens (primary N) is 1. The molecule has 0 unspecified atom stereocenters. The minimum atomic E-state index is -0.0779. The second-order valence-corrected chi connectivity index (χ2v) is 5.37. The van der Waals surface area contributed by atoms with Crippen molar-refractivity contribution < 1.29 is 4.74 Å². The van der Waals surface area contributed by atoms with Crippen LogP contribution >= 0.6 is 0 Å². The standard InChI is InChI=1S/C15H24BN2O/c1-11(18-15(2,3)8-9-19-5)13-10-12(16-4)6-7-14(13)17/h6-7,10,18H,1,8-9,17H2,2-5H3. The molecule has 0 saturated heterocycles. The fraction of sp³-hybridized carbons (Fsp3) is 0.467. The quantitative estimate of drug-likeness (QED) is 0.581. The Kier molecular flexibility index (Phi) is 5.49. The van der Waals surface area contributed by atoms with E-state index in [9.17, 15) is 0 Å². The maximum absolute atomic E-state index is 6.02. The number of methoxy groups -OCH3 is 1. The number of nitrogens with one attached hydrogen (secondary N) is 1. The molecule has 0 fully saturated rings. The molecular formula is C15H24BN2O. The molecule has 0 saturated carbocycles. The van der Waals surface area contributed by atoms with E-state index in [1.54, 1.807) is 7.11 Å². The van der Waals surface area contributed by atoms with Crippen LogP contribution < -0.4 is 16.5 Å². The summed E-state index contributed by atoms with van der Waals surface area (Å²) in [5.41, 5.74) is 9.64. The highest BCUT2D eigenvalue weighted by molar-refractivity contribution is 6.52. The van der Waals surface area contributed by atoms with Gasteiger partial charge in [0.05, 0.1) is 0 Å². The van der Waals surface area contributed by atoms with Crippen molar-refractivity contribution in [1.82, 2.24) is 5.32 Å². The third-order valence-electron chi connectivity index (χ3n) is 3.16. The third-order valence-corrected chi connectivity index (χ3v) is 3.16. The number of anilines is 1. The van der Waals surface area contributed by atoms with Crippen LogP contribution in [-0.2, 0) is 4.74 Å². The van der Waals surface area contributed by atoms with Crippen molar-refractivity contribution in [2.45, 2.75) is 32.6 Å². The lowest BCUT2D eigenvalue weighted by atomic mass is 9.72. The first kappa shape index (κ1) is 15.6. The van der Waals surface area contributed by atoms with E-state index in [1.807, 2.05) is 26.2 Å². The highest BCUT2D eigenvalue weighted by Gasteiger charge is 2.18. The van der Waals surface area contributed by atoms with Crippen molar-refractivity contribution in [3.05, 3.63) is 30.3 Å². The Morgan fingerprint density at radius 3 is 2.74 bits per heavy atom. The summed E-state index contributed by atoms with van der Waals surface area (Å²) in [6.45, 7) is 11.1. The minimum absolute atomic E-state index is 0.0779. The molecule has 0 heterocycles. The predicted octanol–water partition coefficient (Wildman–Crippen LogP) is 2.02. The van der Waals surface area contributed by atoms with Crippen LogP contribution in [0.3, 0.4) is 0 Å². The van der Waals surface area contributed by atoms with Gasteiger partial charge in [-0.2, -0.15) is 0 Å². The van der Waals surface area contributed by atoms with Gasteiger partial charge >= 0.3 is 0 Å². The predicted molar refractivity (Wildman–Crippen MR) is 84.8 cm³/mol. The second kappa shape index (κ2) is 6.66. The molecule has 103 valence electrons. The zero-order chi connectivity index (χ0) is 14.5. The molecule has 4 heteroatoms. The van der Waals surface area contributed by atoms with Crippen LogP contribution in [0.1, 0.15) is 25.8 Å². The van der Waals surface area contributed by atoms with Gasteiger partial charge in [-0.3, -0.25) is 0 Å². The summed E-state index contributed by atoms with van der Waals surface area (Å²) < 4.78 is 5.13. The monoisotopic (exact) mass is 259 g/mol. The van der Waals surface area contributed by atoms with Crippen molar-refractivity contribution >= 4 is 24.1 Å². The van der Waals surface area contributed by atoms with Gasteiger partial charge in [-0.1, -0.05) is 31.0 Å². The first-order chi connectivity index (χ1) is 8.89. The Hall–Kier alpha value is -1.42. The molecule has 0 aliphatic rings. The molecule has 0 spiro atoms. The molecule has 0 aliphatic carbocycles. The normalized spacial score (nSPS) is 11.2. The molecule has 0 aromatic heterocycles. The summed E-state index contributed by atoms with van der Waals surface area (Å²) >= 11 is 0. The number of hydrogen-bond acceptors (Lipinski definition) is 3. The Morgan fingerprint density at radius 1 is 1.47 bits per heavy atom. The molecule has 0 amide bonds. The average molecular weight is 259 g/mol. The summed E-state index contributed by atoms with van der Waals surface area (Å²) in [5, 5.41) is 3.43. The SMILES string of the molecule is C=C(NC(C)(C)CCOC)c1cc([B]C)ccc1N. The molecule has 3 nitrogen and oxygen atoms in total. The van der Waals surface area contributed by atoms with Crippen LogP contribution in [0.25, 0.3) is 5.70 Å². The molecule has 1 aromatic rings. The van der Waals surface area contributed by atoms with Crippen LogP contribution in [0.2, 0.25) is 6.82 Å². The van der Waals surface area contributed by atoms with Crippen molar-refractivity contribution in [2.75, 3.05) is 19.5 Å². The largest absolute Gasteiger partial charge is 0.398 e. The molecule has 0 aliphatic heterocycles. The van der Waals surface area contributed by atoms with E-state index >= 15 is 0 Å². The van der Waals surface area contributed by atoms with Crippen LogP contribution in [0.4, 0.5) is 5.69 Å². The maximum Gasteiger partial charge on any atom is 0.148 e.